The number of thioether (sulfide) groups is 1. The third kappa shape index (κ3) is 8.94. The molecule has 2 aromatic rings. The fraction of sp³-hybridized carbons (Fsp3) is 0.686. The molecule has 3 fully saturated rings. The number of sulfonamides is 1. The smallest absolute Gasteiger partial charge is 0.342 e. The van der Waals surface area contributed by atoms with E-state index in [0.29, 0.717) is 48.8 Å². The van der Waals surface area contributed by atoms with Gasteiger partial charge in [-0.05, 0) is 77.3 Å². The Bertz CT molecular complexity index is 1690. The van der Waals surface area contributed by atoms with Crippen LogP contribution in [0.3, 0.4) is 0 Å². The van der Waals surface area contributed by atoms with Gasteiger partial charge in [-0.1, -0.05) is 6.07 Å². The highest BCUT2D eigenvalue weighted by Crippen LogP contribution is 2.40. The Morgan fingerprint density at radius 1 is 1.02 bits per heavy atom. The van der Waals surface area contributed by atoms with Gasteiger partial charge >= 0.3 is 6.18 Å². The van der Waals surface area contributed by atoms with E-state index < -0.39 is 21.8 Å². The van der Waals surface area contributed by atoms with Crippen LogP contribution in [-0.4, -0.2) is 138 Å². The standard InChI is InChI=1S/C35H50F3N7O4S2/c1-40-17-9-26(10-18-40)41(2)33(47)24-50-31-22-25(7-8-29(31)35(36,37)38)34-28-23-43(51(3,48)49)21-13-30(28)45(39-34)16-5-14-42-19-11-27(12-20-42)44-15-4-6-32(44)46/h7-8,22,26-27H,4-6,9-21,23-24H2,1-3H3. The van der Waals surface area contributed by atoms with Crippen molar-refractivity contribution >= 4 is 33.6 Å². The normalized spacial score (nSPS) is 20.7. The molecule has 0 unspecified atom stereocenters. The molecule has 16 heteroatoms. The minimum Gasteiger partial charge on any atom is -0.342 e. The molecular weight excluding hydrogens is 704 g/mol. The second-order valence-electron chi connectivity index (χ2n) is 14.5. The second-order valence-corrected chi connectivity index (χ2v) is 17.5. The SMILES string of the molecule is CN1CCC(N(C)C(=O)CSc2cc(-c3nn(CCCN4CCC(N5CCCC5=O)CC4)c4c3CN(S(C)(=O)=O)CC4)ccc2C(F)(F)F)CC1. The van der Waals surface area contributed by atoms with Crippen LogP contribution in [0.5, 0.6) is 0 Å². The Balaban J connectivity index is 1.19. The number of alkyl halides is 3. The summed E-state index contributed by atoms with van der Waals surface area (Å²) in [5.41, 5.74) is 1.73. The van der Waals surface area contributed by atoms with Gasteiger partial charge in [0.15, 0.2) is 0 Å². The maximum atomic E-state index is 14.2. The van der Waals surface area contributed by atoms with E-state index in [2.05, 4.69) is 9.80 Å². The first-order valence-electron chi connectivity index (χ1n) is 18.0. The zero-order valence-corrected chi connectivity index (χ0v) is 31.5. The van der Waals surface area contributed by atoms with Crippen molar-refractivity contribution in [3.8, 4) is 11.3 Å². The number of rotatable bonds is 11. The molecule has 282 valence electrons. The molecule has 3 saturated heterocycles. The van der Waals surface area contributed by atoms with E-state index in [1.807, 2.05) is 16.6 Å². The summed E-state index contributed by atoms with van der Waals surface area (Å²) in [7, 11) is 0.249. The zero-order chi connectivity index (χ0) is 36.5. The predicted octanol–water partition coefficient (Wildman–Crippen LogP) is 4.01. The molecule has 0 radical (unpaired) electrons. The average molecular weight is 754 g/mol. The molecule has 1 aromatic carbocycles. The highest BCUT2D eigenvalue weighted by atomic mass is 32.2. The second kappa shape index (κ2) is 15.7. The number of amides is 2. The summed E-state index contributed by atoms with van der Waals surface area (Å²) in [6, 6.07) is 4.28. The van der Waals surface area contributed by atoms with E-state index in [1.165, 1.54) is 16.4 Å². The lowest BCUT2D eigenvalue weighted by molar-refractivity contribution is -0.140. The quantitative estimate of drug-likeness (QED) is 0.318. The van der Waals surface area contributed by atoms with E-state index >= 15 is 0 Å². The van der Waals surface area contributed by atoms with Crippen molar-refractivity contribution in [2.75, 3.05) is 71.9 Å². The minimum absolute atomic E-state index is 0.0526. The van der Waals surface area contributed by atoms with Crippen molar-refractivity contribution in [1.82, 2.24) is 33.7 Å². The molecule has 0 saturated carbocycles. The van der Waals surface area contributed by atoms with Gasteiger partial charge < -0.3 is 19.6 Å². The van der Waals surface area contributed by atoms with Gasteiger partial charge in [0.1, 0.15) is 0 Å². The fourth-order valence-corrected chi connectivity index (χ4v) is 9.79. The van der Waals surface area contributed by atoms with Crippen LogP contribution in [0.1, 0.15) is 61.8 Å². The van der Waals surface area contributed by atoms with Crippen molar-refractivity contribution in [2.45, 2.75) is 87.6 Å². The highest BCUT2D eigenvalue weighted by molar-refractivity contribution is 8.00. The number of carbonyl (C=O) groups excluding carboxylic acids is 2. The summed E-state index contributed by atoms with van der Waals surface area (Å²) in [6.07, 6.45) is 2.97. The molecule has 0 aliphatic carbocycles. The summed E-state index contributed by atoms with van der Waals surface area (Å²) < 4.78 is 71.1. The van der Waals surface area contributed by atoms with Crippen LogP contribution in [-0.2, 0) is 45.3 Å². The Hall–Kier alpha value is -2.66. The molecule has 11 nitrogen and oxygen atoms in total. The van der Waals surface area contributed by atoms with Gasteiger partial charge in [-0.15, -0.1) is 11.8 Å². The van der Waals surface area contributed by atoms with Gasteiger partial charge in [0.05, 0.1) is 23.3 Å². The first-order chi connectivity index (χ1) is 24.2. The molecule has 6 rings (SSSR count). The van der Waals surface area contributed by atoms with Crippen molar-refractivity contribution in [1.29, 1.82) is 0 Å². The van der Waals surface area contributed by atoms with E-state index in [0.717, 1.165) is 108 Å². The number of benzene rings is 1. The molecule has 4 aliphatic rings. The lowest BCUT2D eigenvalue weighted by atomic mass is 10.0. The minimum atomic E-state index is -4.62. The molecular formula is C35H50F3N7O4S2. The number of likely N-dealkylation sites (tertiary alicyclic amines) is 3. The van der Waals surface area contributed by atoms with Crippen LogP contribution in [0, 0.1) is 0 Å². The summed E-state index contributed by atoms with van der Waals surface area (Å²) in [5.74, 6) is -0.0765. The molecule has 0 atom stereocenters. The number of aryl methyl sites for hydroxylation is 1. The monoisotopic (exact) mass is 753 g/mol. The number of hydrogen-bond donors (Lipinski definition) is 0. The van der Waals surface area contributed by atoms with E-state index in [9.17, 15) is 31.2 Å². The summed E-state index contributed by atoms with van der Waals surface area (Å²) in [4.78, 5) is 33.6. The van der Waals surface area contributed by atoms with Gasteiger partial charge in [-0.2, -0.15) is 22.6 Å². The predicted molar refractivity (Wildman–Crippen MR) is 191 cm³/mol. The molecule has 5 heterocycles. The van der Waals surface area contributed by atoms with Crippen LogP contribution in [0.4, 0.5) is 13.2 Å². The molecule has 1 aromatic heterocycles. The van der Waals surface area contributed by atoms with Crippen molar-refractivity contribution < 1.29 is 31.2 Å². The third-order valence-electron chi connectivity index (χ3n) is 11.1. The number of aromatic nitrogens is 2. The summed E-state index contributed by atoms with van der Waals surface area (Å²) >= 11 is 0.881. The van der Waals surface area contributed by atoms with Gasteiger partial charge in [-0.25, -0.2) is 8.42 Å². The number of fused-ring (bicyclic) bond motifs is 1. The van der Waals surface area contributed by atoms with Crippen LogP contribution in [0.25, 0.3) is 11.3 Å². The van der Waals surface area contributed by atoms with Crippen LogP contribution in [0.15, 0.2) is 23.1 Å². The van der Waals surface area contributed by atoms with Crippen molar-refractivity contribution in [3.05, 3.63) is 35.0 Å². The molecule has 0 spiro atoms. The number of carbonyl (C=O) groups is 2. The molecule has 0 bridgehead atoms. The van der Waals surface area contributed by atoms with E-state index in [1.54, 1.807) is 11.9 Å². The molecule has 51 heavy (non-hydrogen) atoms. The first kappa shape index (κ1) is 38.1. The Labute approximate surface area is 303 Å². The van der Waals surface area contributed by atoms with Gasteiger partial charge in [0, 0.05) is 93.0 Å². The van der Waals surface area contributed by atoms with E-state index in [4.69, 9.17) is 5.10 Å². The number of halogens is 3. The molecule has 4 aliphatic heterocycles. The highest BCUT2D eigenvalue weighted by Gasteiger charge is 2.36. The molecule has 2 amide bonds. The fourth-order valence-electron chi connectivity index (χ4n) is 7.97. The number of piperidine rings is 2. The first-order valence-corrected chi connectivity index (χ1v) is 20.9. The average Bonchev–Trinajstić information content (AvgIpc) is 3.69. The van der Waals surface area contributed by atoms with Crippen LogP contribution in [0.2, 0.25) is 0 Å². The summed E-state index contributed by atoms with van der Waals surface area (Å²) in [5, 5.41) is 4.92. The molecule has 0 N–H and O–H groups in total. The van der Waals surface area contributed by atoms with Gasteiger partial charge in [0.25, 0.3) is 0 Å². The van der Waals surface area contributed by atoms with Crippen molar-refractivity contribution in [2.24, 2.45) is 0 Å². The maximum Gasteiger partial charge on any atom is 0.417 e. The van der Waals surface area contributed by atoms with Crippen LogP contribution >= 0.6 is 11.8 Å². The maximum absolute atomic E-state index is 14.2. The van der Waals surface area contributed by atoms with E-state index in [-0.39, 0.29) is 35.0 Å². The Morgan fingerprint density at radius 3 is 2.39 bits per heavy atom. The van der Waals surface area contributed by atoms with Crippen molar-refractivity contribution in [3.63, 3.8) is 0 Å². The van der Waals surface area contributed by atoms with Gasteiger partial charge in [0.2, 0.25) is 21.8 Å². The van der Waals surface area contributed by atoms with Crippen LogP contribution < -0.4 is 0 Å². The third-order valence-corrected chi connectivity index (χ3v) is 13.4. The largest absolute Gasteiger partial charge is 0.417 e. The Kier molecular flexibility index (Phi) is 11.8. The number of hydrogen-bond acceptors (Lipinski definition) is 8. The number of nitrogens with zero attached hydrogens (tertiary/aromatic N) is 7. The lowest BCUT2D eigenvalue weighted by Gasteiger charge is -2.36. The Morgan fingerprint density at radius 2 is 1.75 bits per heavy atom. The zero-order valence-electron chi connectivity index (χ0n) is 29.8. The van der Waals surface area contributed by atoms with Gasteiger partial charge in [-0.3, -0.25) is 14.3 Å². The lowest BCUT2D eigenvalue weighted by Crippen LogP contribution is -2.45. The summed E-state index contributed by atoms with van der Waals surface area (Å²) in [6.45, 7) is 6.27. The topological polar surface area (TPSA) is 102 Å².